The summed E-state index contributed by atoms with van der Waals surface area (Å²) in [6.45, 7) is 1.24. The fraction of sp³-hybridized carbons (Fsp3) is 0.222. The highest BCUT2D eigenvalue weighted by Crippen LogP contribution is 2.38. The van der Waals surface area contributed by atoms with Gasteiger partial charge in [-0.1, -0.05) is 0 Å². The fourth-order valence-corrected chi connectivity index (χ4v) is 1.80. The zero-order valence-corrected chi connectivity index (χ0v) is 10.0. The largest absolute Gasteiger partial charge is 0.573 e. The predicted octanol–water partition coefficient (Wildman–Crippen LogP) is 2.94. The molecule has 0 bridgehead atoms. The Morgan fingerprint density at radius 2 is 2.06 bits per heavy atom. The van der Waals surface area contributed by atoms with E-state index < -0.39 is 18.1 Å². The number of carboxylic acid groups (broad SMARTS) is 1. The van der Waals surface area contributed by atoms with Crippen molar-refractivity contribution in [1.29, 1.82) is 0 Å². The number of ether oxygens (including phenoxy) is 1. The first-order valence-corrected chi connectivity index (χ1v) is 5.00. The van der Waals surface area contributed by atoms with Crippen LogP contribution in [-0.4, -0.2) is 17.4 Å². The van der Waals surface area contributed by atoms with Gasteiger partial charge in [-0.25, -0.2) is 4.79 Å². The van der Waals surface area contributed by atoms with Crippen molar-refractivity contribution in [3.05, 3.63) is 21.7 Å². The minimum Gasteiger partial charge on any atom is -0.478 e. The van der Waals surface area contributed by atoms with E-state index in [-0.39, 0.29) is 21.3 Å². The number of hydrogen-bond donors (Lipinski definition) is 2. The number of nitrogens with two attached hydrogens (primary N) is 1. The van der Waals surface area contributed by atoms with Crippen LogP contribution in [0.5, 0.6) is 5.75 Å². The van der Waals surface area contributed by atoms with Crippen molar-refractivity contribution in [3.8, 4) is 5.75 Å². The summed E-state index contributed by atoms with van der Waals surface area (Å²) in [5.41, 5.74) is 4.78. The molecule has 3 N–H and O–H groups in total. The maximum absolute atomic E-state index is 12.1. The molecular weight excluding hydrogens is 307 g/mol. The van der Waals surface area contributed by atoms with Crippen molar-refractivity contribution in [1.82, 2.24) is 0 Å². The Hall–Kier alpha value is -1.44. The highest BCUT2D eigenvalue weighted by Gasteiger charge is 2.33. The van der Waals surface area contributed by atoms with Gasteiger partial charge in [0.15, 0.2) is 0 Å². The van der Waals surface area contributed by atoms with Crippen LogP contribution in [0.1, 0.15) is 15.9 Å². The molecule has 0 aliphatic carbocycles. The molecule has 8 heteroatoms. The molecule has 0 amide bonds. The first kappa shape index (κ1) is 13.6. The number of hydrogen-bond acceptors (Lipinski definition) is 3. The lowest BCUT2D eigenvalue weighted by molar-refractivity contribution is -0.275. The zero-order valence-electron chi connectivity index (χ0n) is 8.43. The summed E-state index contributed by atoms with van der Waals surface area (Å²) >= 11 is 2.81. The van der Waals surface area contributed by atoms with E-state index in [1.807, 2.05) is 0 Å². The first-order chi connectivity index (χ1) is 7.63. The van der Waals surface area contributed by atoms with Crippen LogP contribution in [0.4, 0.5) is 18.9 Å². The maximum atomic E-state index is 12.1. The summed E-state index contributed by atoms with van der Waals surface area (Å²) in [4.78, 5) is 10.8. The fourth-order valence-electron chi connectivity index (χ4n) is 1.19. The molecule has 0 aliphatic heterocycles. The smallest absolute Gasteiger partial charge is 0.478 e. The molecule has 1 aromatic carbocycles. The molecule has 0 atom stereocenters. The second-order valence-corrected chi connectivity index (χ2v) is 3.98. The van der Waals surface area contributed by atoms with E-state index in [1.165, 1.54) is 6.92 Å². The number of rotatable bonds is 2. The molecule has 4 nitrogen and oxygen atoms in total. The Balaban J connectivity index is 3.36. The lowest BCUT2D eigenvalue weighted by Crippen LogP contribution is -2.19. The van der Waals surface area contributed by atoms with Crippen LogP contribution in [0.15, 0.2) is 10.5 Å². The third-order valence-electron chi connectivity index (χ3n) is 1.97. The van der Waals surface area contributed by atoms with Gasteiger partial charge in [0, 0.05) is 5.56 Å². The number of carbonyl (C=O) groups is 1. The molecule has 0 fully saturated rings. The van der Waals surface area contributed by atoms with Crippen LogP contribution >= 0.6 is 15.9 Å². The molecule has 0 aliphatic rings. The number of carboxylic acids is 1. The average molecular weight is 314 g/mol. The van der Waals surface area contributed by atoms with Crippen molar-refractivity contribution >= 4 is 27.6 Å². The summed E-state index contributed by atoms with van der Waals surface area (Å²) < 4.78 is 39.9. The SMILES string of the molecule is Cc1c(N)c(C(=O)O)cc(Br)c1OC(F)(F)F. The second kappa shape index (κ2) is 4.44. The summed E-state index contributed by atoms with van der Waals surface area (Å²) in [5.74, 6) is -1.87. The van der Waals surface area contributed by atoms with E-state index >= 15 is 0 Å². The molecule has 94 valence electrons. The molecule has 0 aromatic heterocycles. The summed E-state index contributed by atoms with van der Waals surface area (Å²) in [5, 5.41) is 8.77. The van der Waals surface area contributed by atoms with Gasteiger partial charge >= 0.3 is 12.3 Å². The molecule has 1 aromatic rings. The van der Waals surface area contributed by atoms with Gasteiger partial charge in [0.05, 0.1) is 15.7 Å². The molecule has 0 saturated carbocycles. The molecule has 0 spiro atoms. The molecule has 1 rings (SSSR count). The summed E-state index contributed by atoms with van der Waals surface area (Å²) in [6.07, 6.45) is -4.87. The predicted molar refractivity (Wildman–Crippen MR) is 56.9 cm³/mol. The lowest BCUT2D eigenvalue weighted by atomic mass is 10.1. The lowest BCUT2D eigenvalue weighted by Gasteiger charge is -2.15. The number of nitrogen functional groups attached to an aromatic ring is 1. The van der Waals surface area contributed by atoms with Gasteiger partial charge in [-0.15, -0.1) is 13.2 Å². The van der Waals surface area contributed by atoms with E-state index in [0.29, 0.717) is 0 Å². The van der Waals surface area contributed by atoms with Crippen LogP contribution in [0.2, 0.25) is 0 Å². The number of benzene rings is 1. The van der Waals surface area contributed by atoms with Crippen LogP contribution in [0.3, 0.4) is 0 Å². The van der Waals surface area contributed by atoms with Crippen molar-refractivity contribution in [2.75, 3.05) is 5.73 Å². The van der Waals surface area contributed by atoms with Gasteiger partial charge in [-0.3, -0.25) is 0 Å². The number of aromatic carboxylic acids is 1. The van der Waals surface area contributed by atoms with Gasteiger partial charge in [0.1, 0.15) is 5.75 Å². The van der Waals surface area contributed by atoms with Crippen molar-refractivity contribution in [2.24, 2.45) is 0 Å². The Morgan fingerprint density at radius 1 is 1.53 bits per heavy atom. The topological polar surface area (TPSA) is 72.6 Å². The zero-order chi connectivity index (χ0) is 13.4. The standard InChI is InChI=1S/C9H7BrF3NO3/c1-3-6(14)4(8(15)16)2-5(10)7(3)17-9(11,12)13/h2H,14H2,1H3,(H,15,16). The van der Waals surface area contributed by atoms with Crippen LogP contribution < -0.4 is 10.5 Å². The molecule has 0 unspecified atom stereocenters. The minimum absolute atomic E-state index is 0.0888. The van der Waals surface area contributed by atoms with Gasteiger partial charge in [0.2, 0.25) is 0 Å². The Morgan fingerprint density at radius 3 is 2.47 bits per heavy atom. The van der Waals surface area contributed by atoms with Gasteiger partial charge in [0.25, 0.3) is 0 Å². The van der Waals surface area contributed by atoms with Gasteiger partial charge in [-0.05, 0) is 28.9 Å². The van der Waals surface area contributed by atoms with Crippen LogP contribution in [0.25, 0.3) is 0 Å². The normalized spacial score (nSPS) is 11.4. The first-order valence-electron chi connectivity index (χ1n) is 4.21. The summed E-state index contributed by atoms with van der Waals surface area (Å²) in [7, 11) is 0. The van der Waals surface area contributed by atoms with E-state index in [2.05, 4.69) is 20.7 Å². The Kier molecular flexibility index (Phi) is 3.56. The number of anilines is 1. The van der Waals surface area contributed by atoms with Gasteiger partial charge < -0.3 is 15.6 Å². The van der Waals surface area contributed by atoms with Crippen LogP contribution in [0, 0.1) is 6.92 Å². The molecule has 0 heterocycles. The van der Waals surface area contributed by atoms with Gasteiger partial charge in [-0.2, -0.15) is 0 Å². The van der Waals surface area contributed by atoms with Crippen molar-refractivity contribution in [3.63, 3.8) is 0 Å². The highest BCUT2D eigenvalue weighted by atomic mass is 79.9. The average Bonchev–Trinajstić information content (AvgIpc) is 2.16. The van der Waals surface area contributed by atoms with E-state index in [4.69, 9.17) is 10.8 Å². The third kappa shape index (κ3) is 3.02. The van der Waals surface area contributed by atoms with Crippen molar-refractivity contribution < 1.29 is 27.8 Å². The Bertz CT molecular complexity index is 474. The monoisotopic (exact) mass is 313 g/mol. The summed E-state index contributed by atoms with van der Waals surface area (Å²) in [6, 6.07) is 0.964. The molecular formula is C9H7BrF3NO3. The molecule has 0 radical (unpaired) electrons. The van der Waals surface area contributed by atoms with E-state index in [1.54, 1.807) is 0 Å². The Labute approximate surface area is 102 Å². The minimum atomic E-state index is -4.87. The maximum Gasteiger partial charge on any atom is 0.573 e. The number of alkyl halides is 3. The highest BCUT2D eigenvalue weighted by molar-refractivity contribution is 9.10. The van der Waals surface area contributed by atoms with E-state index in [9.17, 15) is 18.0 Å². The molecule has 17 heavy (non-hydrogen) atoms. The number of halogens is 4. The van der Waals surface area contributed by atoms with E-state index in [0.717, 1.165) is 6.07 Å². The third-order valence-corrected chi connectivity index (χ3v) is 2.56. The quantitative estimate of drug-likeness (QED) is 0.823. The van der Waals surface area contributed by atoms with Crippen LogP contribution in [-0.2, 0) is 0 Å². The second-order valence-electron chi connectivity index (χ2n) is 3.13. The van der Waals surface area contributed by atoms with Crippen molar-refractivity contribution in [2.45, 2.75) is 13.3 Å². The molecule has 0 saturated heterocycles.